The first-order chi connectivity index (χ1) is 10.0. The second kappa shape index (κ2) is 6.85. The summed E-state index contributed by atoms with van der Waals surface area (Å²) in [6, 6.07) is 0. The minimum absolute atomic E-state index is 0.0797. The summed E-state index contributed by atoms with van der Waals surface area (Å²) >= 11 is 0. The van der Waals surface area contributed by atoms with Crippen LogP contribution in [0, 0.1) is 13.8 Å². The van der Waals surface area contributed by atoms with Crippen LogP contribution in [-0.2, 0) is 16.0 Å². The minimum Gasteiger partial charge on any atom is -0.375 e. The van der Waals surface area contributed by atoms with E-state index in [2.05, 4.69) is 16.9 Å². The predicted molar refractivity (Wildman–Crippen MR) is 79.3 cm³/mol. The zero-order chi connectivity index (χ0) is 15.4. The Morgan fingerprint density at radius 2 is 2.24 bits per heavy atom. The largest absolute Gasteiger partial charge is 0.375 e. The quantitative estimate of drug-likeness (QED) is 0.897. The van der Waals surface area contributed by atoms with E-state index >= 15 is 0 Å². The third-order valence-electron chi connectivity index (χ3n) is 3.88. The number of amides is 1. The number of hydrogen-bond donors (Lipinski definition) is 1. The number of aromatic nitrogens is 2. The van der Waals surface area contributed by atoms with Crippen molar-refractivity contribution in [2.45, 2.75) is 46.1 Å². The molecule has 21 heavy (non-hydrogen) atoms. The van der Waals surface area contributed by atoms with Gasteiger partial charge in [-0.15, -0.1) is 0 Å². The Balaban J connectivity index is 1.97. The van der Waals surface area contributed by atoms with E-state index in [0.29, 0.717) is 49.6 Å². The molecule has 1 aromatic rings. The Kier molecular flexibility index (Phi) is 5.12. The molecule has 2 rings (SSSR count). The van der Waals surface area contributed by atoms with Gasteiger partial charge in [0.15, 0.2) is 0 Å². The SMILES string of the molecule is CCC1CN(C(=O)CCc2c(C)nc(C)[nH]c2=O)CCO1. The van der Waals surface area contributed by atoms with Crippen LogP contribution in [0.1, 0.15) is 36.8 Å². The maximum absolute atomic E-state index is 12.3. The smallest absolute Gasteiger partial charge is 0.254 e. The molecule has 6 nitrogen and oxygen atoms in total. The van der Waals surface area contributed by atoms with Crippen LogP contribution in [-0.4, -0.2) is 46.6 Å². The molecule has 1 saturated heterocycles. The lowest BCUT2D eigenvalue weighted by atomic mass is 10.1. The maximum atomic E-state index is 12.3. The standard InChI is InChI=1S/C15H23N3O3/c1-4-12-9-18(7-8-21-12)14(19)6-5-13-10(2)16-11(3)17-15(13)20/h12H,4-9H2,1-3H3,(H,16,17,20). The third-order valence-corrected chi connectivity index (χ3v) is 3.88. The monoisotopic (exact) mass is 293 g/mol. The van der Waals surface area contributed by atoms with E-state index in [1.54, 1.807) is 6.92 Å². The molecule has 0 saturated carbocycles. The number of carbonyl (C=O) groups is 1. The summed E-state index contributed by atoms with van der Waals surface area (Å²) in [5.41, 5.74) is 1.17. The zero-order valence-electron chi connectivity index (χ0n) is 12.9. The molecular formula is C15H23N3O3. The van der Waals surface area contributed by atoms with Gasteiger partial charge in [-0.2, -0.15) is 0 Å². The highest BCUT2D eigenvalue weighted by atomic mass is 16.5. The number of hydrogen-bond acceptors (Lipinski definition) is 4. The lowest BCUT2D eigenvalue weighted by molar-refractivity contribution is -0.138. The normalized spacial score (nSPS) is 18.8. The molecule has 1 aliphatic heterocycles. The van der Waals surface area contributed by atoms with Gasteiger partial charge >= 0.3 is 0 Å². The highest BCUT2D eigenvalue weighted by molar-refractivity contribution is 5.76. The number of rotatable bonds is 4. The van der Waals surface area contributed by atoms with Crippen molar-refractivity contribution >= 4 is 5.91 Å². The van der Waals surface area contributed by atoms with E-state index < -0.39 is 0 Å². The van der Waals surface area contributed by atoms with Crippen molar-refractivity contribution < 1.29 is 9.53 Å². The summed E-state index contributed by atoms with van der Waals surface area (Å²) < 4.78 is 5.56. The Hall–Kier alpha value is -1.69. The molecule has 0 radical (unpaired) electrons. The lowest BCUT2D eigenvalue weighted by Crippen LogP contribution is -2.45. The number of nitrogens with one attached hydrogen (secondary N) is 1. The first-order valence-electron chi connectivity index (χ1n) is 7.47. The van der Waals surface area contributed by atoms with E-state index in [0.717, 1.165) is 6.42 Å². The third kappa shape index (κ3) is 3.91. The van der Waals surface area contributed by atoms with E-state index in [-0.39, 0.29) is 17.6 Å². The predicted octanol–water partition coefficient (Wildman–Crippen LogP) is 0.957. The molecule has 1 aromatic heterocycles. The van der Waals surface area contributed by atoms with Gasteiger partial charge in [0.05, 0.1) is 12.7 Å². The van der Waals surface area contributed by atoms with Gasteiger partial charge in [0.25, 0.3) is 5.56 Å². The summed E-state index contributed by atoms with van der Waals surface area (Å²) in [5.74, 6) is 0.683. The van der Waals surface area contributed by atoms with Gasteiger partial charge in [-0.05, 0) is 26.7 Å². The molecule has 1 atom stereocenters. The Labute approximate surface area is 124 Å². The lowest BCUT2D eigenvalue weighted by Gasteiger charge is -2.32. The van der Waals surface area contributed by atoms with Crippen LogP contribution in [0.25, 0.3) is 0 Å². The topological polar surface area (TPSA) is 75.3 Å². The number of nitrogens with zero attached hydrogens (tertiary/aromatic N) is 2. The summed E-state index contributed by atoms with van der Waals surface area (Å²) in [4.78, 5) is 32.9. The Bertz CT molecular complexity index is 568. The van der Waals surface area contributed by atoms with Crippen LogP contribution >= 0.6 is 0 Å². The van der Waals surface area contributed by atoms with Gasteiger partial charge in [0, 0.05) is 30.8 Å². The van der Waals surface area contributed by atoms with Crippen molar-refractivity contribution in [3.05, 3.63) is 27.4 Å². The molecule has 1 aliphatic rings. The van der Waals surface area contributed by atoms with Crippen LogP contribution in [0.4, 0.5) is 0 Å². The van der Waals surface area contributed by atoms with Crippen LogP contribution < -0.4 is 5.56 Å². The molecule has 116 valence electrons. The molecule has 1 unspecified atom stereocenters. The zero-order valence-corrected chi connectivity index (χ0v) is 12.9. The van der Waals surface area contributed by atoms with Gasteiger partial charge in [-0.25, -0.2) is 4.98 Å². The van der Waals surface area contributed by atoms with E-state index in [4.69, 9.17) is 4.74 Å². The van der Waals surface area contributed by atoms with Crippen molar-refractivity contribution in [1.82, 2.24) is 14.9 Å². The van der Waals surface area contributed by atoms with Gasteiger partial charge in [0.2, 0.25) is 5.91 Å². The van der Waals surface area contributed by atoms with E-state index in [9.17, 15) is 9.59 Å². The second-order valence-electron chi connectivity index (χ2n) is 5.46. The average Bonchev–Trinajstić information content (AvgIpc) is 2.46. The number of aromatic amines is 1. The van der Waals surface area contributed by atoms with Crippen molar-refractivity contribution in [2.75, 3.05) is 19.7 Å². The second-order valence-corrected chi connectivity index (χ2v) is 5.46. The summed E-state index contributed by atoms with van der Waals surface area (Å²) in [5, 5.41) is 0. The number of carbonyl (C=O) groups excluding carboxylic acids is 1. The van der Waals surface area contributed by atoms with Crippen molar-refractivity contribution in [3.8, 4) is 0 Å². The number of aryl methyl sites for hydroxylation is 2. The fraction of sp³-hybridized carbons (Fsp3) is 0.667. The van der Waals surface area contributed by atoms with Crippen LogP contribution in [0.2, 0.25) is 0 Å². The van der Waals surface area contributed by atoms with E-state index in [1.807, 2.05) is 11.8 Å². The van der Waals surface area contributed by atoms with Gasteiger partial charge < -0.3 is 14.6 Å². The number of morpholine rings is 1. The fourth-order valence-electron chi connectivity index (χ4n) is 2.63. The summed E-state index contributed by atoms with van der Waals surface area (Å²) in [6.45, 7) is 7.49. The molecule has 1 N–H and O–H groups in total. The molecule has 1 fully saturated rings. The van der Waals surface area contributed by atoms with Crippen LogP contribution in [0.5, 0.6) is 0 Å². The molecular weight excluding hydrogens is 270 g/mol. The first-order valence-corrected chi connectivity index (χ1v) is 7.47. The molecule has 1 amide bonds. The molecule has 0 aromatic carbocycles. The molecule has 6 heteroatoms. The van der Waals surface area contributed by atoms with Crippen LogP contribution in [0.15, 0.2) is 4.79 Å². The van der Waals surface area contributed by atoms with Crippen molar-refractivity contribution in [3.63, 3.8) is 0 Å². The first kappa shape index (κ1) is 15.7. The highest BCUT2D eigenvalue weighted by Gasteiger charge is 2.23. The molecule has 0 spiro atoms. The Morgan fingerprint density at radius 3 is 2.90 bits per heavy atom. The fourth-order valence-corrected chi connectivity index (χ4v) is 2.63. The van der Waals surface area contributed by atoms with Gasteiger partial charge in [-0.1, -0.05) is 6.92 Å². The maximum Gasteiger partial charge on any atom is 0.254 e. The molecule has 0 aliphatic carbocycles. The molecule has 0 bridgehead atoms. The minimum atomic E-state index is -0.138. The van der Waals surface area contributed by atoms with E-state index in [1.165, 1.54) is 0 Å². The molecule has 2 heterocycles. The Morgan fingerprint density at radius 1 is 1.48 bits per heavy atom. The number of ether oxygens (including phenoxy) is 1. The summed E-state index contributed by atoms with van der Waals surface area (Å²) in [7, 11) is 0. The van der Waals surface area contributed by atoms with Crippen molar-refractivity contribution in [1.29, 1.82) is 0 Å². The van der Waals surface area contributed by atoms with Crippen LogP contribution in [0.3, 0.4) is 0 Å². The van der Waals surface area contributed by atoms with Gasteiger partial charge in [-0.3, -0.25) is 9.59 Å². The van der Waals surface area contributed by atoms with Crippen molar-refractivity contribution in [2.24, 2.45) is 0 Å². The average molecular weight is 293 g/mol. The number of H-pyrrole nitrogens is 1. The van der Waals surface area contributed by atoms with Gasteiger partial charge in [0.1, 0.15) is 5.82 Å². The summed E-state index contributed by atoms with van der Waals surface area (Å²) in [6.07, 6.45) is 1.81. The highest BCUT2D eigenvalue weighted by Crippen LogP contribution is 2.11.